The Morgan fingerprint density at radius 2 is 1.77 bits per heavy atom. The van der Waals surface area contributed by atoms with E-state index in [1.165, 1.54) is 16.3 Å². The van der Waals surface area contributed by atoms with Gasteiger partial charge in [0, 0.05) is 17.3 Å². The van der Waals surface area contributed by atoms with E-state index in [4.69, 9.17) is 0 Å². The van der Waals surface area contributed by atoms with Gasteiger partial charge in [0.1, 0.15) is 6.54 Å². The zero-order valence-corrected chi connectivity index (χ0v) is 14.9. The summed E-state index contributed by atoms with van der Waals surface area (Å²) in [6.45, 7) is 3.88. The van der Waals surface area contributed by atoms with E-state index in [1.807, 2.05) is 55.5 Å². The van der Waals surface area contributed by atoms with Gasteiger partial charge in [0.05, 0.1) is 5.69 Å². The van der Waals surface area contributed by atoms with Crippen LogP contribution < -0.4 is 10.9 Å². The molecule has 0 spiro atoms. The molecule has 0 fully saturated rings. The Balaban J connectivity index is 1.80. The molecule has 132 valence electrons. The topological polar surface area (TPSA) is 64.0 Å². The second-order valence-electron chi connectivity index (χ2n) is 6.13. The van der Waals surface area contributed by atoms with Crippen LogP contribution in [0.25, 0.3) is 11.3 Å². The van der Waals surface area contributed by atoms with Crippen molar-refractivity contribution >= 4 is 11.6 Å². The molecule has 0 aliphatic carbocycles. The minimum Gasteiger partial charge on any atom is -0.324 e. The Morgan fingerprint density at radius 1 is 1.04 bits per heavy atom. The average Bonchev–Trinajstić information content (AvgIpc) is 2.65. The van der Waals surface area contributed by atoms with Gasteiger partial charge in [-0.25, -0.2) is 4.68 Å². The first-order valence-electron chi connectivity index (χ1n) is 8.60. The summed E-state index contributed by atoms with van der Waals surface area (Å²) in [5, 5.41) is 7.17. The fraction of sp³-hybridized carbons (Fsp3) is 0.190. The molecule has 0 bridgehead atoms. The summed E-state index contributed by atoms with van der Waals surface area (Å²) in [4.78, 5) is 24.4. The van der Waals surface area contributed by atoms with Crippen molar-refractivity contribution < 1.29 is 4.79 Å². The highest BCUT2D eigenvalue weighted by molar-refractivity contribution is 5.91. The standard InChI is InChI=1S/C21H21N3O2/c1-3-16-8-10-17(11-9-16)19-12-13-21(26)24(23-19)14-20(25)22-18-7-5-4-6-15(18)2/h4-13H,3,14H2,1-2H3,(H,22,25). The first-order chi connectivity index (χ1) is 12.6. The first-order valence-corrected chi connectivity index (χ1v) is 8.60. The van der Waals surface area contributed by atoms with E-state index < -0.39 is 0 Å². The van der Waals surface area contributed by atoms with Gasteiger partial charge in [-0.2, -0.15) is 5.10 Å². The van der Waals surface area contributed by atoms with Crippen molar-refractivity contribution in [2.75, 3.05) is 5.32 Å². The van der Waals surface area contributed by atoms with Crippen LogP contribution in [-0.2, 0) is 17.8 Å². The Kier molecular flexibility index (Phi) is 5.27. The molecule has 5 nitrogen and oxygen atoms in total. The van der Waals surface area contributed by atoms with Crippen LogP contribution in [-0.4, -0.2) is 15.7 Å². The molecule has 0 saturated carbocycles. The van der Waals surface area contributed by atoms with E-state index in [2.05, 4.69) is 17.3 Å². The monoisotopic (exact) mass is 347 g/mol. The molecule has 5 heteroatoms. The summed E-state index contributed by atoms with van der Waals surface area (Å²) < 4.78 is 1.19. The molecular formula is C21H21N3O2. The number of aromatic nitrogens is 2. The minimum absolute atomic E-state index is 0.131. The average molecular weight is 347 g/mol. The molecule has 0 aliphatic rings. The fourth-order valence-corrected chi connectivity index (χ4v) is 2.67. The second-order valence-corrected chi connectivity index (χ2v) is 6.13. The number of aryl methyl sites for hydroxylation is 2. The molecule has 0 aliphatic heterocycles. The quantitative estimate of drug-likeness (QED) is 0.769. The van der Waals surface area contributed by atoms with Crippen molar-refractivity contribution in [1.29, 1.82) is 0 Å². The summed E-state index contributed by atoms with van der Waals surface area (Å²) in [5.41, 5.74) is 4.20. The zero-order chi connectivity index (χ0) is 18.5. The van der Waals surface area contributed by atoms with Gasteiger partial charge in [-0.1, -0.05) is 49.4 Å². The summed E-state index contributed by atoms with van der Waals surface area (Å²) in [6.07, 6.45) is 0.965. The van der Waals surface area contributed by atoms with Crippen molar-refractivity contribution in [1.82, 2.24) is 9.78 Å². The number of amides is 1. The molecule has 0 unspecified atom stereocenters. The van der Waals surface area contributed by atoms with Crippen LogP contribution in [0, 0.1) is 6.92 Å². The van der Waals surface area contributed by atoms with Crippen LogP contribution >= 0.6 is 0 Å². The lowest BCUT2D eigenvalue weighted by Gasteiger charge is -2.10. The van der Waals surface area contributed by atoms with E-state index in [0.717, 1.165) is 23.2 Å². The predicted molar refractivity (Wildman–Crippen MR) is 103 cm³/mol. The summed E-state index contributed by atoms with van der Waals surface area (Å²) in [6, 6.07) is 18.7. The number of carbonyl (C=O) groups is 1. The molecule has 26 heavy (non-hydrogen) atoms. The number of nitrogens with zero attached hydrogens (tertiary/aromatic N) is 2. The van der Waals surface area contributed by atoms with Crippen LogP contribution in [0.5, 0.6) is 0 Å². The number of hydrogen-bond acceptors (Lipinski definition) is 3. The summed E-state index contributed by atoms with van der Waals surface area (Å²) >= 11 is 0. The normalized spacial score (nSPS) is 10.5. The summed E-state index contributed by atoms with van der Waals surface area (Å²) in [7, 11) is 0. The number of benzene rings is 2. The number of para-hydroxylation sites is 1. The predicted octanol–water partition coefficient (Wildman–Crippen LogP) is 3.42. The Labute approximate surface area is 152 Å². The van der Waals surface area contributed by atoms with Gasteiger partial charge in [-0.3, -0.25) is 9.59 Å². The van der Waals surface area contributed by atoms with Crippen LogP contribution in [0.15, 0.2) is 65.5 Å². The van der Waals surface area contributed by atoms with Crippen molar-refractivity contribution in [2.45, 2.75) is 26.8 Å². The molecule has 3 aromatic rings. The highest BCUT2D eigenvalue weighted by Crippen LogP contribution is 2.17. The van der Waals surface area contributed by atoms with Gasteiger partial charge >= 0.3 is 0 Å². The van der Waals surface area contributed by atoms with Crippen LogP contribution in [0.1, 0.15) is 18.1 Å². The lowest BCUT2D eigenvalue weighted by atomic mass is 10.1. The fourth-order valence-electron chi connectivity index (χ4n) is 2.67. The number of carbonyl (C=O) groups excluding carboxylic acids is 1. The minimum atomic E-state index is -0.307. The maximum absolute atomic E-state index is 12.3. The smallest absolute Gasteiger partial charge is 0.267 e. The summed E-state index contributed by atoms with van der Waals surface area (Å²) in [5.74, 6) is -0.285. The molecule has 0 radical (unpaired) electrons. The van der Waals surface area contributed by atoms with E-state index in [-0.39, 0.29) is 18.0 Å². The third kappa shape index (κ3) is 4.06. The zero-order valence-electron chi connectivity index (χ0n) is 14.9. The Hall–Kier alpha value is -3.21. The van der Waals surface area contributed by atoms with Crippen LogP contribution in [0.2, 0.25) is 0 Å². The largest absolute Gasteiger partial charge is 0.324 e. The molecule has 1 heterocycles. The number of hydrogen-bond donors (Lipinski definition) is 1. The SMILES string of the molecule is CCc1ccc(-c2ccc(=O)n(CC(=O)Nc3ccccc3C)n2)cc1. The van der Waals surface area contributed by atoms with Crippen LogP contribution in [0.3, 0.4) is 0 Å². The number of nitrogens with one attached hydrogen (secondary N) is 1. The lowest BCUT2D eigenvalue weighted by Crippen LogP contribution is -2.29. The molecule has 2 aromatic carbocycles. The Morgan fingerprint density at radius 3 is 2.46 bits per heavy atom. The van der Waals surface area contributed by atoms with E-state index in [0.29, 0.717) is 5.69 Å². The first kappa shape index (κ1) is 17.6. The molecular weight excluding hydrogens is 326 g/mol. The molecule has 1 aromatic heterocycles. The van der Waals surface area contributed by atoms with Crippen molar-refractivity contribution in [3.8, 4) is 11.3 Å². The van der Waals surface area contributed by atoms with Gasteiger partial charge in [0.2, 0.25) is 5.91 Å². The third-order valence-corrected chi connectivity index (χ3v) is 4.24. The van der Waals surface area contributed by atoms with E-state index in [9.17, 15) is 9.59 Å². The van der Waals surface area contributed by atoms with Crippen molar-refractivity contribution in [3.63, 3.8) is 0 Å². The maximum Gasteiger partial charge on any atom is 0.267 e. The molecule has 0 atom stereocenters. The van der Waals surface area contributed by atoms with Crippen molar-refractivity contribution in [3.05, 3.63) is 82.1 Å². The van der Waals surface area contributed by atoms with Gasteiger partial charge in [-0.05, 0) is 36.6 Å². The lowest BCUT2D eigenvalue weighted by molar-refractivity contribution is -0.117. The van der Waals surface area contributed by atoms with Gasteiger partial charge in [-0.15, -0.1) is 0 Å². The van der Waals surface area contributed by atoms with Gasteiger partial charge < -0.3 is 5.32 Å². The second kappa shape index (κ2) is 7.78. The van der Waals surface area contributed by atoms with Gasteiger partial charge in [0.25, 0.3) is 5.56 Å². The van der Waals surface area contributed by atoms with E-state index in [1.54, 1.807) is 6.07 Å². The van der Waals surface area contributed by atoms with Crippen LogP contribution in [0.4, 0.5) is 5.69 Å². The highest BCUT2D eigenvalue weighted by atomic mass is 16.2. The van der Waals surface area contributed by atoms with E-state index >= 15 is 0 Å². The highest BCUT2D eigenvalue weighted by Gasteiger charge is 2.09. The third-order valence-electron chi connectivity index (χ3n) is 4.24. The van der Waals surface area contributed by atoms with Crippen molar-refractivity contribution in [2.24, 2.45) is 0 Å². The molecule has 1 N–H and O–H groups in total. The molecule has 1 amide bonds. The Bertz CT molecular complexity index is 975. The van der Waals surface area contributed by atoms with Gasteiger partial charge in [0.15, 0.2) is 0 Å². The number of rotatable bonds is 5. The number of anilines is 1. The molecule has 0 saturated heterocycles. The maximum atomic E-state index is 12.3. The molecule has 3 rings (SSSR count).